The lowest BCUT2D eigenvalue weighted by Gasteiger charge is -2.16. The van der Waals surface area contributed by atoms with Gasteiger partial charge in [0.2, 0.25) is 5.88 Å². The Balaban J connectivity index is 2.15. The van der Waals surface area contributed by atoms with E-state index >= 15 is 0 Å². The van der Waals surface area contributed by atoms with Crippen LogP contribution in [0.15, 0.2) is 39.4 Å². The maximum atomic E-state index is 12.0. The molecule has 0 unspecified atom stereocenters. The lowest BCUT2D eigenvalue weighted by molar-refractivity contribution is 0.261. The molecule has 4 nitrogen and oxygen atoms in total. The number of benzene rings is 1. The van der Waals surface area contributed by atoms with Gasteiger partial charge in [0.1, 0.15) is 0 Å². The van der Waals surface area contributed by atoms with Crippen LogP contribution in [0, 0.1) is 6.92 Å². The Morgan fingerprint density at radius 1 is 1.20 bits per heavy atom. The van der Waals surface area contributed by atoms with Crippen LogP contribution in [-0.4, -0.2) is 6.03 Å². The van der Waals surface area contributed by atoms with Crippen molar-refractivity contribution < 1.29 is 9.21 Å². The van der Waals surface area contributed by atoms with Crippen LogP contribution in [-0.2, 0) is 0 Å². The number of hydrogen-bond acceptors (Lipinski definition) is 2. The van der Waals surface area contributed by atoms with Crippen LogP contribution in [0.2, 0.25) is 0 Å². The maximum Gasteiger partial charge on any atom is 0.326 e. The summed E-state index contributed by atoms with van der Waals surface area (Å²) < 4.78 is 5.82. The maximum absolute atomic E-state index is 12.0. The monoisotopic (exact) mass is 336 g/mol. The van der Waals surface area contributed by atoms with Crippen LogP contribution in [0.3, 0.4) is 0 Å². The first-order chi connectivity index (χ1) is 9.47. The second-order valence-electron chi connectivity index (χ2n) is 4.88. The van der Waals surface area contributed by atoms with Gasteiger partial charge in [0.25, 0.3) is 0 Å². The highest BCUT2D eigenvalue weighted by Gasteiger charge is 2.12. The highest BCUT2D eigenvalue weighted by molar-refractivity contribution is 9.10. The third-order valence-electron chi connectivity index (χ3n) is 2.98. The summed E-state index contributed by atoms with van der Waals surface area (Å²) in [4.78, 5) is 12.0. The minimum Gasteiger partial charge on any atom is -0.434 e. The van der Waals surface area contributed by atoms with Crippen LogP contribution < -0.4 is 10.6 Å². The van der Waals surface area contributed by atoms with Gasteiger partial charge in [-0.05, 0) is 46.0 Å². The molecule has 0 aliphatic heterocycles. The van der Waals surface area contributed by atoms with Gasteiger partial charge in [0, 0.05) is 11.8 Å². The number of anilines is 2. The zero-order valence-corrected chi connectivity index (χ0v) is 13.2. The number of rotatable bonds is 3. The molecule has 0 bridgehead atoms. The number of aryl methyl sites for hydroxylation is 1. The van der Waals surface area contributed by atoms with Gasteiger partial charge in [0.05, 0.1) is 0 Å². The molecule has 106 valence electrons. The molecule has 0 fully saturated rings. The van der Waals surface area contributed by atoms with Crippen molar-refractivity contribution in [2.75, 3.05) is 10.6 Å². The van der Waals surface area contributed by atoms with Gasteiger partial charge in [-0.1, -0.05) is 32.0 Å². The Hall–Kier alpha value is -1.75. The van der Waals surface area contributed by atoms with Crippen LogP contribution in [0.1, 0.15) is 30.9 Å². The average molecular weight is 337 g/mol. The number of para-hydroxylation sites is 1. The Kier molecular flexibility index (Phi) is 4.49. The smallest absolute Gasteiger partial charge is 0.326 e. The second kappa shape index (κ2) is 6.13. The summed E-state index contributed by atoms with van der Waals surface area (Å²) in [5.41, 5.74) is 3.00. The fourth-order valence-corrected chi connectivity index (χ4v) is 2.29. The van der Waals surface area contributed by atoms with Crippen molar-refractivity contribution in [1.29, 1.82) is 0 Å². The minimum atomic E-state index is -0.317. The molecular weight excluding hydrogens is 320 g/mol. The molecule has 0 atom stereocenters. The van der Waals surface area contributed by atoms with Crippen molar-refractivity contribution in [2.45, 2.75) is 26.7 Å². The number of nitrogens with one attached hydrogen (secondary N) is 2. The van der Waals surface area contributed by atoms with Crippen LogP contribution >= 0.6 is 15.9 Å². The predicted octanol–water partition coefficient (Wildman–Crippen LogP) is 5.12. The lowest BCUT2D eigenvalue weighted by atomic mass is 9.98. The number of amides is 2. The standard InChI is InChI=1S/C15H17BrN2O2/c1-9(2)11-6-4-5-10(3)14(11)18-15(19)17-13-8-7-12(16)20-13/h4-9H,1-3H3,(H2,17,18,19). The molecule has 0 saturated heterocycles. The zero-order chi connectivity index (χ0) is 14.7. The summed E-state index contributed by atoms with van der Waals surface area (Å²) in [5.74, 6) is 0.733. The van der Waals surface area contributed by atoms with E-state index in [1.807, 2.05) is 25.1 Å². The molecule has 2 amide bonds. The van der Waals surface area contributed by atoms with Gasteiger partial charge in [-0.2, -0.15) is 0 Å². The van der Waals surface area contributed by atoms with Crippen LogP contribution in [0.25, 0.3) is 0 Å². The number of urea groups is 1. The number of furan rings is 1. The number of hydrogen-bond donors (Lipinski definition) is 2. The molecule has 0 saturated carbocycles. The quantitative estimate of drug-likeness (QED) is 0.817. The van der Waals surface area contributed by atoms with Crippen molar-refractivity contribution in [3.8, 4) is 0 Å². The first kappa shape index (κ1) is 14.7. The topological polar surface area (TPSA) is 54.3 Å². The molecular formula is C15H17BrN2O2. The van der Waals surface area contributed by atoms with E-state index in [0.29, 0.717) is 16.5 Å². The largest absolute Gasteiger partial charge is 0.434 e. The van der Waals surface area contributed by atoms with Gasteiger partial charge in [0.15, 0.2) is 4.67 Å². The zero-order valence-electron chi connectivity index (χ0n) is 11.7. The summed E-state index contributed by atoms with van der Waals surface area (Å²) >= 11 is 3.19. The van der Waals surface area contributed by atoms with E-state index in [-0.39, 0.29) is 6.03 Å². The fraction of sp³-hybridized carbons (Fsp3) is 0.267. The Morgan fingerprint density at radius 3 is 2.55 bits per heavy atom. The molecule has 1 aromatic heterocycles. The molecule has 5 heteroatoms. The molecule has 0 radical (unpaired) electrons. The van der Waals surface area contributed by atoms with Crippen molar-refractivity contribution in [1.82, 2.24) is 0 Å². The third-order valence-corrected chi connectivity index (χ3v) is 3.40. The van der Waals surface area contributed by atoms with E-state index in [1.165, 1.54) is 0 Å². The van der Waals surface area contributed by atoms with Crippen LogP contribution in [0.5, 0.6) is 0 Å². The molecule has 2 N–H and O–H groups in total. The summed E-state index contributed by atoms with van der Waals surface area (Å²) in [6.07, 6.45) is 0. The first-order valence-corrected chi connectivity index (χ1v) is 7.19. The molecule has 1 aromatic carbocycles. The number of carbonyl (C=O) groups excluding carboxylic acids is 1. The lowest BCUT2D eigenvalue weighted by Crippen LogP contribution is -2.20. The SMILES string of the molecule is Cc1cccc(C(C)C)c1NC(=O)Nc1ccc(Br)o1. The molecule has 20 heavy (non-hydrogen) atoms. The van der Waals surface area contributed by atoms with E-state index in [2.05, 4.69) is 40.4 Å². The van der Waals surface area contributed by atoms with Gasteiger partial charge in [-0.25, -0.2) is 4.79 Å². The van der Waals surface area contributed by atoms with Gasteiger partial charge in [-0.3, -0.25) is 5.32 Å². The Labute approximate surface area is 126 Å². The van der Waals surface area contributed by atoms with E-state index in [9.17, 15) is 4.79 Å². The Morgan fingerprint density at radius 2 is 1.95 bits per heavy atom. The molecule has 0 aliphatic carbocycles. The second-order valence-corrected chi connectivity index (χ2v) is 5.66. The predicted molar refractivity (Wildman–Crippen MR) is 84.3 cm³/mol. The molecule has 0 aliphatic rings. The minimum absolute atomic E-state index is 0.317. The van der Waals surface area contributed by atoms with Crippen molar-refractivity contribution in [3.05, 3.63) is 46.1 Å². The summed E-state index contributed by atoms with van der Waals surface area (Å²) in [6.45, 7) is 6.17. The van der Waals surface area contributed by atoms with Crippen molar-refractivity contribution in [3.63, 3.8) is 0 Å². The number of carbonyl (C=O) groups is 1. The molecule has 2 rings (SSSR count). The first-order valence-electron chi connectivity index (χ1n) is 6.40. The Bertz CT molecular complexity index is 620. The average Bonchev–Trinajstić information content (AvgIpc) is 2.77. The van der Waals surface area contributed by atoms with Gasteiger partial charge in [-0.15, -0.1) is 0 Å². The van der Waals surface area contributed by atoms with Crippen molar-refractivity contribution >= 4 is 33.5 Å². The highest BCUT2D eigenvalue weighted by atomic mass is 79.9. The fourth-order valence-electron chi connectivity index (χ4n) is 1.98. The van der Waals surface area contributed by atoms with E-state index in [0.717, 1.165) is 16.8 Å². The normalized spacial score (nSPS) is 10.7. The molecule has 0 spiro atoms. The summed E-state index contributed by atoms with van der Waals surface area (Å²) in [7, 11) is 0. The van der Waals surface area contributed by atoms with Gasteiger partial charge < -0.3 is 9.73 Å². The van der Waals surface area contributed by atoms with Gasteiger partial charge >= 0.3 is 6.03 Å². The van der Waals surface area contributed by atoms with E-state index in [4.69, 9.17) is 4.42 Å². The van der Waals surface area contributed by atoms with Crippen LogP contribution in [0.4, 0.5) is 16.4 Å². The molecule has 1 heterocycles. The summed E-state index contributed by atoms with van der Waals surface area (Å²) in [6, 6.07) is 9.09. The molecule has 2 aromatic rings. The van der Waals surface area contributed by atoms with E-state index in [1.54, 1.807) is 12.1 Å². The van der Waals surface area contributed by atoms with Crippen molar-refractivity contribution in [2.24, 2.45) is 0 Å². The number of halogens is 1. The summed E-state index contributed by atoms with van der Waals surface area (Å²) in [5, 5.41) is 5.55. The van der Waals surface area contributed by atoms with E-state index < -0.39 is 0 Å². The highest BCUT2D eigenvalue weighted by Crippen LogP contribution is 2.27. The third kappa shape index (κ3) is 3.42.